The molecule has 1 rings (SSSR count). The Morgan fingerprint density at radius 3 is 2.20 bits per heavy atom. The molecule has 0 amide bonds. The first-order valence-electron chi connectivity index (χ1n) is 3.48. The molecule has 0 bridgehead atoms. The molecule has 82 valence electrons. The Balaban J connectivity index is 3.58. The first-order valence-corrected chi connectivity index (χ1v) is 5.03. The molecular weight excluding hydrogens is 232 g/mol. The van der Waals surface area contributed by atoms with Crippen LogP contribution >= 0.6 is 0 Å². The van der Waals surface area contributed by atoms with Crippen LogP contribution in [0.2, 0.25) is 0 Å². The summed E-state index contributed by atoms with van der Waals surface area (Å²) in [4.78, 5) is 9.36. The van der Waals surface area contributed by atoms with Gasteiger partial charge in [0.15, 0.2) is 0 Å². The van der Waals surface area contributed by atoms with Gasteiger partial charge in [0.05, 0.1) is 5.56 Å². The average molecular weight is 237 g/mol. The number of hydrogen-bond acceptors (Lipinski definition) is 3. The van der Waals surface area contributed by atoms with E-state index in [1.54, 1.807) is 0 Å². The number of benzene rings is 1. The molecule has 0 unspecified atom stereocenters. The van der Waals surface area contributed by atoms with Gasteiger partial charge >= 0.3 is 5.97 Å². The zero-order valence-corrected chi connectivity index (χ0v) is 7.88. The monoisotopic (exact) mass is 237 g/mol. The number of rotatable bonds is 2. The van der Waals surface area contributed by atoms with Gasteiger partial charge in [-0.05, 0) is 6.07 Å². The highest BCUT2D eigenvalue weighted by Gasteiger charge is 2.21. The molecule has 0 heterocycles. The van der Waals surface area contributed by atoms with Crippen molar-refractivity contribution in [2.75, 3.05) is 0 Å². The van der Waals surface area contributed by atoms with Crippen molar-refractivity contribution < 1.29 is 27.1 Å². The standard InChI is InChI=1S/C7H5F2NO4S/c8-4-2-5(9)6(15(10,13)14)1-3(4)7(11)12/h1-2H,(H,11,12)(H2,10,13,14). The minimum atomic E-state index is -4.41. The van der Waals surface area contributed by atoms with Crippen molar-refractivity contribution in [2.24, 2.45) is 5.14 Å². The Morgan fingerprint density at radius 2 is 1.80 bits per heavy atom. The zero-order valence-electron chi connectivity index (χ0n) is 7.07. The third-order valence-electron chi connectivity index (χ3n) is 1.56. The topological polar surface area (TPSA) is 97.5 Å². The first-order chi connectivity index (χ1) is 6.73. The van der Waals surface area contributed by atoms with Crippen molar-refractivity contribution in [2.45, 2.75) is 4.90 Å². The maximum atomic E-state index is 12.9. The maximum absolute atomic E-state index is 12.9. The first kappa shape index (κ1) is 11.5. The molecule has 0 aliphatic heterocycles. The zero-order chi connectivity index (χ0) is 11.8. The number of halogens is 2. The Hall–Kier alpha value is -1.54. The molecule has 0 saturated carbocycles. The quantitative estimate of drug-likeness (QED) is 0.773. The highest BCUT2D eigenvalue weighted by atomic mass is 32.2. The normalized spacial score (nSPS) is 11.4. The van der Waals surface area contributed by atoms with E-state index in [9.17, 15) is 22.0 Å². The van der Waals surface area contributed by atoms with Gasteiger partial charge in [-0.2, -0.15) is 0 Å². The third-order valence-corrected chi connectivity index (χ3v) is 2.48. The lowest BCUT2D eigenvalue weighted by Gasteiger charge is -2.03. The molecule has 0 atom stereocenters. The van der Waals surface area contributed by atoms with Crippen LogP contribution in [0.5, 0.6) is 0 Å². The highest BCUT2D eigenvalue weighted by Crippen LogP contribution is 2.18. The second kappa shape index (κ2) is 3.55. The van der Waals surface area contributed by atoms with Gasteiger partial charge in [-0.1, -0.05) is 0 Å². The summed E-state index contributed by atoms with van der Waals surface area (Å²) in [6.07, 6.45) is 0. The molecule has 8 heteroatoms. The molecule has 0 aliphatic carbocycles. The van der Waals surface area contributed by atoms with Crippen molar-refractivity contribution in [1.29, 1.82) is 0 Å². The fraction of sp³-hybridized carbons (Fsp3) is 0. The van der Waals surface area contributed by atoms with Crippen LogP contribution < -0.4 is 5.14 Å². The van der Waals surface area contributed by atoms with E-state index in [1.165, 1.54) is 0 Å². The lowest BCUT2D eigenvalue weighted by molar-refractivity contribution is 0.0691. The van der Waals surface area contributed by atoms with E-state index in [0.717, 1.165) is 0 Å². The summed E-state index contributed by atoms with van der Waals surface area (Å²) in [7, 11) is -4.41. The van der Waals surface area contributed by atoms with Gasteiger partial charge in [0.2, 0.25) is 10.0 Å². The number of nitrogens with two attached hydrogens (primary N) is 1. The van der Waals surface area contributed by atoms with Crippen molar-refractivity contribution in [3.63, 3.8) is 0 Å². The fourth-order valence-electron chi connectivity index (χ4n) is 0.911. The predicted octanol–water partition coefficient (Wildman–Crippen LogP) is 0.310. The van der Waals surface area contributed by atoms with Gasteiger partial charge in [-0.15, -0.1) is 0 Å². The average Bonchev–Trinajstić information content (AvgIpc) is 2.00. The van der Waals surface area contributed by atoms with E-state index in [2.05, 4.69) is 5.14 Å². The van der Waals surface area contributed by atoms with Crippen molar-refractivity contribution in [1.82, 2.24) is 0 Å². The third kappa shape index (κ3) is 2.28. The van der Waals surface area contributed by atoms with Gasteiger partial charge in [-0.25, -0.2) is 27.1 Å². The van der Waals surface area contributed by atoms with Crippen molar-refractivity contribution in [3.8, 4) is 0 Å². The minimum Gasteiger partial charge on any atom is -0.478 e. The molecule has 1 aromatic rings. The van der Waals surface area contributed by atoms with E-state index in [1.807, 2.05) is 0 Å². The number of carboxylic acids is 1. The summed E-state index contributed by atoms with van der Waals surface area (Å²) >= 11 is 0. The van der Waals surface area contributed by atoms with E-state index < -0.39 is 38.1 Å². The van der Waals surface area contributed by atoms with E-state index >= 15 is 0 Å². The second-order valence-electron chi connectivity index (χ2n) is 2.61. The second-order valence-corrected chi connectivity index (χ2v) is 4.14. The Morgan fingerprint density at radius 1 is 1.27 bits per heavy atom. The van der Waals surface area contributed by atoms with Gasteiger partial charge < -0.3 is 5.11 Å². The van der Waals surface area contributed by atoms with Crippen LogP contribution in [0.25, 0.3) is 0 Å². The van der Waals surface area contributed by atoms with Crippen molar-refractivity contribution in [3.05, 3.63) is 29.3 Å². The number of carbonyl (C=O) groups is 1. The Kier molecular flexibility index (Phi) is 2.73. The van der Waals surface area contributed by atoms with Crippen LogP contribution in [0.15, 0.2) is 17.0 Å². The number of primary sulfonamides is 1. The number of hydrogen-bond donors (Lipinski definition) is 2. The van der Waals surface area contributed by atoms with Crippen LogP contribution in [0.1, 0.15) is 10.4 Å². The van der Waals surface area contributed by atoms with Gasteiger partial charge in [0.25, 0.3) is 0 Å². The molecular formula is C7H5F2NO4S. The summed E-state index contributed by atoms with van der Waals surface area (Å²) in [5.41, 5.74) is -0.958. The van der Waals surface area contributed by atoms with Crippen LogP contribution in [-0.4, -0.2) is 19.5 Å². The van der Waals surface area contributed by atoms with Crippen LogP contribution in [0.3, 0.4) is 0 Å². The molecule has 0 aliphatic rings. The molecule has 0 radical (unpaired) electrons. The molecule has 15 heavy (non-hydrogen) atoms. The largest absolute Gasteiger partial charge is 0.478 e. The van der Waals surface area contributed by atoms with Gasteiger partial charge in [0.1, 0.15) is 16.5 Å². The highest BCUT2D eigenvalue weighted by molar-refractivity contribution is 7.89. The lowest BCUT2D eigenvalue weighted by Crippen LogP contribution is -2.16. The molecule has 3 N–H and O–H groups in total. The predicted molar refractivity (Wildman–Crippen MR) is 44.7 cm³/mol. The molecule has 1 aromatic carbocycles. The molecule has 0 saturated heterocycles. The van der Waals surface area contributed by atoms with E-state index in [0.29, 0.717) is 6.07 Å². The molecule has 5 nitrogen and oxygen atoms in total. The summed E-state index contributed by atoms with van der Waals surface area (Å²) in [6, 6.07) is 0.492. The Bertz CT molecular complexity index is 526. The van der Waals surface area contributed by atoms with Crippen LogP contribution in [0, 0.1) is 11.6 Å². The Labute approximate surface area is 83.2 Å². The number of sulfonamides is 1. The smallest absolute Gasteiger partial charge is 0.338 e. The maximum Gasteiger partial charge on any atom is 0.338 e. The summed E-state index contributed by atoms with van der Waals surface area (Å²) in [6.45, 7) is 0. The molecule has 0 aromatic heterocycles. The van der Waals surface area contributed by atoms with Gasteiger partial charge in [0, 0.05) is 6.07 Å². The molecule has 0 spiro atoms. The summed E-state index contributed by atoms with van der Waals surface area (Å²) < 4.78 is 47.2. The number of aromatic carboxylic acids is 1. The summed E-state index contributed by atoms with van der Waals surface area (Å²) in [5, 5.41) is 13.0. The van der Waals surface area contributed by atoms with E-state index in [4.69, 9.17) is 5.11 Å². The van der Waals surface area contributed by atoms with Crippen molar-refractivity contribution >= 4 is 16.0 Å². The lowest BCUT2D eigenvalue weighted by atomic mass is 10.2. The SMILES string of the molecule is NS(=O)(=O)c1cc(C(=O)O)c(F)cc1F. The van der Waals surface area contributed by atoms with E-state index in [-0.39, 0.29) is 6.07 Å². The van der Waals surface area contributed by atoms with Crippen LogP contribution in [0.4, 0.5) is 8.78 Å². The molecule has 0 fully saturated rings. The fourth-order valence-corrected chi connectivity index (χ4v) is 1.52. The van der Waals surface area contributed by atoms with Gasteiger partial charge in [-0.3, -0.25) is 0 Å². The summed E-state index contributed by atoms with van der Waals surface area (Å²) in [5.74, 6) is -4.51. The number of carboxylic acid groups (broad SMARTS) is 1. The minimum absolute atomic E-state index is 0.156. The van der Waals surface area contributed by atoms with Crippen LogP contribution in [-0.2, 0) is 10.0 Å².